The van der Waals surface area contributed by atoms with Crippen molar-refractivity contribution in [2.45, 2.75) is 12.3 Å². The first-order valence-corrected chi connectivity index (χ1v) is 7.21. The molecule has 0 saturated heterocycles. The number of alkyl halides is 2. The third-order valence-corrected chi connectivity index (χ3v) is 4.36. The van der Waals surface area contributed by atoms with Gasteiger partial charge in [0, 0.05) is 20.6 Å². The van der Waals surface area contributed by atoms with Crippen LogP contribution in [0.4, 0.5) is 8.78 Å². The molecule has 4 nitrogen and oxygen atoms in total. The first-order valence-electron chi connectivity index (χ1n) is 5.48. The van der Waals surface area contributed by atoms with Gasteiger partial charge >= 0.3 is 13.5 Å². The fraction of sp³-hybridized carbons (Fsp3) is 0.417. The number of halogens is 2. The molecule has 0 fully saturated rings. The Bertz CT molecular complexity index is 468. The van der Waals surface area contributed by atoms with E-state index in [0.717, 1.165) is 14.2 Å². The van der Waals surface area contributed by atoms with E-state index in [9.17, 15) is 18.1 Å². The average Bonchev–Trinajstić information content (AvgIpc) is 2.39. The lowest BCUT2D eigenvalue weighted by Crippen LogP contribution is -2.33. The molecule has 0 amide bonds. The van der Waals surface area contributed by atoms with Crippen LogP contribution in [0.1, 0.15) is 5.56 Å². The zero-order chi connectivity index (χ0) is 14.5. The van der Waals surface area contributed by atoms with E-state index in [2.05, 4.69) is 9.05 Å². The standard InChI is InChI=1S/C12H15F2O4P/c1-17-19(16,18-2)9-11(15)12(13,14)8-10-6-4-3-5-7-10/h3-7H,8-9H2,1-2H3. The average molecular weight is 292 g/mol. The summed E-state index contributed by atoms with van der Waals surface area (Å²) in [5.41, 5.74) is 0.325. The van der Waals surface area contributed by atoms with Crippen LogP contribution in [0.3, 0.4) is 0 Å². The summed E-state index contributed by atoms with van der Waals surface area (Å²) in [6.07, 6.45) is -1.68. The molecular formula is C12H15F2O4P. The van der Waals surface area contributed by atoms with E-state index < -0.39 is 31.9 Å². The number of ketones is 1. The van der Waals surface area contributed by atoms with Gasteiger partial charge in [-0.15, -0.1) is 0 Å². The summed E-state index contributed by atoms with van der Waals surface area (Å²) >= 11 is 0. The number of hydrogen-bond donors (Lipinski definition) is 0. The molecule has 1 rings (SSSR count). The zero-order valence-electron chi connectivity index (χ0n) is 10.6. The summed E-state index contributed by atoms with van der Waals surface area (Å²) in [7, 11) is -1.67. The molecule has 7 heteroatoms. The largest absolute Gasteiger partial charge is 0.337 e. The maximum atomic E-state index is 13.7. The first kappa shape index (κ1) is 16.0. The van der Waals surface area contributed by atoms with Gasteiger partial charge < -0.3 is 9.05 Å². The van der Waals surface area contributed by atoms with Crippen LogP contribution in [0.2, 0.25) is 0 Å². The van der Waals surface area contributed by atoms with Crippen LogP contribution in [-0.4, -0.2) is 32.1 Å². The molecule has 0 spiro atoms. The molecule has 0 aromatic heterocycles. The molecule has 0 bridgehead atoms. The van der Waals surface area contributed by atoms with E-state index in [1.165, 1.54) is 12.1 Å². The number of hydrogen-bond acceptors (Lipinski definition) is 4. The fourth-order valence-electron chi connectivity index (χ4n) is 1.45. The monoisotopic (exact) mass is 292 g/mol. The van der Waals surface area contributed by atoms with Crippen LogP contribution in [0.15, 0.2) is 30.3 Å². The third-order valence-electron chi connectivity index (χ3n) is 2.57. The highest BCUT2D eigenvalue weighted by molar-refractivity contribution is 7.54. The molecule has 0 N–H and O–H groups in total. The molecule has 0 aliphatic carbocycles. The first-order chi connectivity index (χ1) is 8.83. The van der Waals surface area contributed by atoms with Crippen LogP contribution in [0.25, 0.3) is 0 Å². The molecule has 0 aliphatic rings. The minimum atomic E-state index is -3.77. The van der Waals surface area contributed by atoms with Crippen LogP contribution in [-0.2, 0) is 24.8 Å². The van der Waals surface area contributed by atoms with Gasteiger partial charge in [-0.2, -0.15) is 8.78 Å². The fourth-order valence-corrected chi connectivity index (χ4v) is 2.44. The number of carbonyl (C=O) groups is 1. The molecule has 0 saturated carbocycles. The van der Waals surface area contributed by atoms with Crippen LogP contribution in [0, 0.1) is 0 Å². The van der Waals surface area contributed by atoms with Gasteiger partial charge in [0.1, 0.15) is 6.16 Å². The summed E-state index contributed by atoms with van der Waals surface area (Å²) in [4.78, 5) is 11.5. The maximum Gasteiger partial charge on any atom is 0.337 e. The predicted octanol–water partition coefficient (Wildman–Crippen LogP) is 2.92. The Kier molecular flexibility index (Phi) is 5.35. The van der Waals surface area contributed by atoms with Gasteiger partial charge in [-0.1, -0.05) is 30.3 Å². The van der Waals surface area contributed by atoms with Crippen molar-refractivity contribution in [3.05, 3.63) is 35.9 Å². The second-order valence-electron chi connectivity index (χ2n) is 3.92. The van der Waals surface area contributed by atoms with Crippen molar-refractivity contribution in [1.29, 1.82) is 0 Å². The van der Waals surface area contributed by atoms with Gasteiger partial charge in [0.15, 0.2) is 0 Å². The van der Waals surface area contributed by atoms with Crippen molar-refractivity contribution >= 4 is 13.4 Å². The van der Waals surface area contributed by atoms with Crippen molar-refractivity contribution in [3.8, 4) is 0 Å². The van der Waals surface area contributed by atoms with E-state index in [0.29, 0.717) is 5.56 Å². The van der Waals surface area contributed by atoms with Gasteiger partial charge in [0.25, 0.3) is 0 Å². The van der Waals surface area contributed by atoms with Gasteiger partial charge in [0.2, 0.25) is 5.78 Å². The van der Waals surface area contributed by atoms with Crippen LogP contribution in [0.5, 0.6) is 0 Å². The minimum Gasteiger partial charge on any atom is -0.312 e. The summed E-state index contributed by atoms with van der Waals surface area (Å²) in [5, 5.41) is 0. The summed E-state index contributed by atoms with van der Waals surface area (Å²) in [6.45, 7) is 0. The molecule has 0 heterocycles. The maximum absolute atomic E-state index is 13.7. The van der Waals surface area contributed by atoms with Crippen molar-refractivity contribution in [2.75, 3.05) is 20.4 Å². The highest BCUT2D eigenvalue weighted by Gasteiger charge is 2.42. The minimum absolute atomic E-state index is 0.325. The Morgan fingerprint density at radius 3 is 2.21 bits per heavy atom. The Hall–Kier alpha value is -1.10. The van der Waals surface area contributed by atoms with Crippen molar-refractivity contribution < 1.29 is 27.2 Å². The molecular weight excluding hydrogens is 277 g/mol. The van der Waals surface area contributed by atoms with Gasteiger partial charge in [-0.3, -0.25) is 9.36 Å². The highest BCUT2D eigenvalue weighted by atomic mass is 31.2. The normalized spacial score (nSPS) is 12.4. The quantitative estimate of drug-likeness (QED) is 0.725. The number of Topliss-reactive ketones (excluding diaryl/α,β-unsaturated/α-hetero) is 1. The van der Waals surface area contributed by atoms with E-state index in [1.54, 1.807) is 18.2 Å². The summed E-state index contributed by atoms with van der Waals surface area (Å²) in [5.74, 6) is -5.06. The van der Waals surface area contributed by atoms with E-state index in [-0.39, 0.29) is 0 Å². The number of rotatable bonds is 7. The second kappa shape index (κ2) is 6.37. The predicted molar refractivity (Wildman–Crippen MR) is 66.6 cm³/mol. The van der Waals surface area contributed by atoms with Crippen LogP contribution >= 0.6 is 7.60 Å². The molecule has 19 heavy (non-hydrogen) atoms. The van der Waals surface area contributed by atoms with E-state index >= 15 is 0 Å². The van der Waals surface area contributed by atoms with E-state index in [4.69, 9.17) is 0 Å². The Balaban J connectivity index is 2.77. The van der Waals surface area contributed by atoms with Gasteiger partial charge in [-0.05, 0) is 5.56 Å². The van der Waals surface area contributed by atoms with Crippen LogP contribution < -0.4 is 0 Å². The lowest BCUT2D eigenvalue weighted by Gasteiger charge is -2.18. The van der Waals surface area contributed by atoms with Gasteiger partial charge in [0.05, 0.1) is 0 Å². The van der Waals surface area contributed by atoms with Gasteiger partial charge in [-0.25, -0.2) is 0 Å². The Morgan fingerprint density at radius 1 is 1.21 bits per heavy atom. The molecule has 0 atom stereocenters. The molecule has 0 aliphatic heterocycles. The summed E-state index contributed by atoms with van der Waals surface area (Å²) < 4.78 is 48.1. The molecule has 106 valence electrons. The van der Waals surface area contributed by atoms with E-state index in [1.807, 2.05) is 0 Å². The number of carbonyl (C=O) groups excluding carboxylic acids is 1. The highest BCUT2D eigenvalue weighted by Crippen LogP contribution is 2.47. The topological polar surface area (TPSA) is 52.6 Å². The summed E-state index contributed by atoms with van der Waals surface area (Å²) in [6, 6.07) is 7.88. The Morgan fingerprint density at radius 2 is 1.74 bits per heavy atom. The Labute approximate surface area is 110 Å². The second-order valence-corrected chi connectivity index (χ2v) is 6.19. The van der Waals surface area contributed by atoms with Crippen molar-refractivity contribution in [1.82, 2.24) is 0 Å². The lowest BCUT2D eigenvalue weighted by atomic mass is 10.0. The third kappa shape index (κ3) is 4.49. The SMILES string of the molecule is COP(=O)(CC(=O)C(F)(F)Cc1ccccc1)OC. The van der Waals surface area contributed by atoms with Crippen molar-refractivity contribution in [3.63, 3.8) is 0 Å². The molecule has 0 unspecified atom stereocenters. The molecule has 1 aromatic carbocycles. The molecule has 0 radical (unpaired) electrons. The van der Waals surface area contributed by atoms with Crippen molar-refractivity contribution in [2.24, 2.45) is 0 Å². The lowest BCUT2D eigenvalue weighted by molar-refractivity contribution is -0.140. The number of benzene rings is 1. The molecule has 1 aromatic rings. The zero-order valence-corrected chi connectivity index (χ0v) is 11.5. The smallest absolute Gasteiger partial charge is 0.312 e.